The van der Waals surface area contributed by atoms with Gasteiger partial charge in [0.25, 0.3) is 15.9 Å². The van der Waals surface area contributed by atoms with Gasteiger partial charge in [-0.25, -0.2) is 16.8 Å². The largest absolute Gasteiger partial charge is 0.486 e. The van der Waals surface area contributed by atoms with Gasteiger partial charge < -0.3 is 14.7 Å². The van der Waals surface area contributed by atoms with Crippen LogP contribution in [-0.4, -0.2) is 75.9 Å². The monoisotopic (exact) mass is 601 g/mol. The topological polar surface area (TPSA) is 133 Å². The molecule has 1 aliphatic rings. The van der Waals surface area contributed by atoms with Crippen molar-refractivity contribution >= 4 is 31.6 Å². The lowest BCUT2D eigenvalue weighted by Crippen LogP contribution is -2.50. The Labute approximate surface area is 241 Å². The van der Waals surface area contributed by atoms with Gasteiger partial charge in [0, 0.05) is 19.5 Å². The summed E-state index contributed by atoms with van der Waals surface area (Å²) < 4.78 is 63.3. The van der Waals surface area contributed by atoms with Crippen LogP contribution in [0.3, 0.4) is 0 Å². The Bertz CT molecular complexity index is 1600. The number of rotatable bonds is 9. The number of carbonyl (C=O) groups is 1. The average molecular weight is 602 g/mol. The number of aliphatic hydroxyl groups excluding tert-OH is 1. The van der Waals surface area contributed by atoms with Gasteiger partial charge in [-0.2, -0.15) is 4.31 Å². The molecular weight excluding hydrogens is 566 g/mol. The van der Waals surface area contributed by atoms with Crippen molar-refractivity contribution in [1.82, 2.24) is 9.21 Å². The highest BCUT2D eigenvalue weighted by Gasteiger charge is 2.36. The minimum atomic E-state index is -4.05. The summed E-state index contributed by atoms with van der Waals surface area (Å²) in [5.74, 6) is -0.838. The van der Waals surface area contributed by atoms with E-state index < -0.39 is 44.0 Å². The van der Waals surface area contributed by atoms with Gasteiger partial charge in [0.2, 0.25) is 10.0 Å². The van der Waals surface area contributed by atoms with Crippen LogP contribution in [0.15, 0.2) is 82.6 Å². The van der Waals surface area contributed by atoms with Gasteiger partial charge in [-0.1, -0.05) is 48.9 Å². The lowest BCUT2D eigenvalue weighted by Gasteiger charge is -2.38. The summed E-state index contributed by atoms with van der Waals surface area (Å²) in [7, 11) is -6.47. The van der Waals surface area contributed by atoms with Crippen LogP contribution < -0.4 is 9.46 Å². The summed E-state index contributed by atoms with van der Waals surface area (Å²) in [5, 5.41) is 9.89. The molecule has 0 aliphatic carbocycles. The number of nitrogens with one attached hydrogen (secondary N) is 1. The highest BCUT2D eigenvalue weighted by atomic mass is 32.2. The predicted molar refractivity (Wildman–Crippen MR) is 156 cm³/mol. The quantitative estimate of drug-likeness (QED) is 0.384. The number of benzene rings is 3. The maximum Gasteiger partial charge on any atom is 0.262 e. The molecule has 0 radical (unpaired) electrons. The van der Waals surface area contributed by atoms with Gasteiger partial charge in [-0.15, -0.1) is 0 Å². The van der Waals surface area contributed by atoms with Crippen LogP contribution in [-0.2, 0) is 20.0 Å². The molecule has 0 bridgehead atoms. The molecule has 1 aliphatic heterocycles. The molecule has 0 unspecified atom stereocenters. The Hall–Kier alpha value is -3.45. The molecule has 2 N–H and O–H groups in total. The van der Waals surface area contributed by atoms with Crippen LogP contribution in [0, 0.1) is 12.8 Å². The molecule has 0 saturated carbocycles. The SMILES string of the molecule is Cc1ccc(S(=O)(=O)Nc2cccc3c2O[C@@H](CN(C)S(=O)(=O)c2ccccc2)[C@@H](C)CN([C@@H](C)CO)C3=O)cc1. The van der Waals surface area contributed by atoms with Gasteiger partial charge in [-0.3, -0.25) is 9.52 Å². The third kappa shape index (κ3) is 6.56. The molecule has 3 atom stereocenters. The predicted octanol–water partition coefficient (Wildman–Crippen LogP) is 3.34. The van der Waals surface area contributed by atoms with Crippen molar-refractivity contribution in [3.63, 3.8) is 0 Å². The number of aliphatic hydroxyl groups is 1. The molecule has 1 amide bonds. The minimum Gasteiger partial charge on any atom is -0.486 e. The number of fused-ring (bicyclic) bond motifs is 1. The summed E-state index contributed by atoms with van der Waals surface area (Å²) in [6, 6.07) is 18.3. The van der Waals surface area contributed by atoms with E-state index in [1.54, 1.807) is 43.3 Å². The summed E-state index contributed by atoms with van der Waals surface area (Å²) in [6.07, 6.45) is -0.774. The van der Waals surface area contributed by atoms with E-state index in [0.717, 1.165) is 5.56 Å². The van der Waals surface area contributed by atoms with E-state index in [9.17, 15) is 26.7 Å². The fourth-order valence-electron chi connectivity index (χ4n) is 4.59. The molecule has 0 aromatic heterocycles. The van der Waals surface area contributed by atoms with E-state index in [4.69, 9.17) is 4.74 Å². The summed E-state index contributed by atoms with van der Waals surface area (Å²) in [6.45, 7) is 5.19. The van der Waals surface area contributed by atoms with Crippen molar-refractivity contribution < 1.29 is 31.5 Å². The number of carbonyl (C=O) groups excluding carboxylic acids is 1. The molecular formula is C29H35N3O7S2. The summed E-state index contributed by atoms with van der Waals surface area (Å²) >= 11 is 0. The average Bonchev–Trinajstić information content (AvgIpc) is 2.95. The third-order valence-electron chi connectivity index (χ3n) is 7.16. The highest BCUT2D eigenvalue weighted by molar-refractivity contribution is 7.92. The Kier molecular flexibility index (Phi) is 9.07. The van der Waals surface area contributed by atoms with Crippen LogP contribution in [0.2, 0.25) is 0 Å². The van der Waals surface area contributed by atoms with Crippen LogP contribution in [0.25, 0.3) is 0 Å². The maximum atomic E-state index is 13.7. The van der Waals surface area contributed by atoms with Gasteiger partial charge in [-0.05, 0) is 50.2 Å². The molecule has 0 spiro atoms. The van der Waals surface area contributed by atoms with Gasteiger partial charge in [0.15, 0.2) is 5.75 Å². The van der Waals surface area contributed by atoms with Gasteiger partial charge in [0.1, 0.15) is 6.10 Å². The molecule has 41 heavy (non-hydrogen) atoms. The molecule has 4 rings (SSSR count). The lowest BCUT2D eigenvalue weighted by atomic mass is 9.99. The van der Waals surface area contributed by atoms with Crippen molar-refractivity contribution in [3.05, 3.63) is 83.9 Å². The van der Waals surface area contributed by atoms with E-state index in [1.807, 2.05) is 13.8 Å². The first-order valence-corrected chi connectivity index (χ1v) is 16.1. The van der Waals surface area contributed by atoms with Crippen molar-refractivity contribution in [2.75, 3.05) is 31.5 Å². The summed E-state index contributed by atoms with van der Waals surface area (Å²) in [4.78, 5) is 15.3. The molecule has 3 aromatic carbocycles. The van der Waals surface area contributed by atoms with Gasteiger partial charge >= 0.3 is 0 Å². The van der Waals surface area contributed by atoms with E-state index >= 15 is 0 Å². The number of amides is 1. The second-order valence-electron chi connectivity index (χ2n) is 10.3. The van der Waals surface area contributed by atoms with E-state index in [1.165, 1.54) is 52.7 Å². The fraction of sp³-hybridized carbons (Fsp3) is 0.345. The Balaban J connectivity index is 1.76. The number of anilines is 1. The first-order valence-electron chi connectivity index (χ1n) is 13.2. The maximum absolute atomic E-state index is 13.7. The zero-order chi connectivity index (χ0) is 29.9. The van der Waals surface area contributed by atoms with Gasteiger partial charge in [0.05, 0.1) is 40.2 Å². The highest BCUT2D eigenvalue weighted by Crippen LogP contribution is 2.36. The minimum absolute atomic E-state index is 0.00890. The number of nitrogens with zero attached hydrogens (tertiary/aromatic N) is 2. The molecule has 1 heterocycles. The zero-order valence-corrected chi connectivity index (χ0v) is 25.0. The standard InChI is InChI=1S/C29H35N3O7S2/c1-20-13-15-23(16-14-20)40(35,36)30-26-12-8-11-25-28(26)39-27(21(2)17-32(29(25)34)22(3)19-33)18-31(4)41(37,38)24-9-6-5-7-10-24/h5-16,21-22,27,30,33H,17-19H2,1-4H3/t21-,22-,27-/m0/s1. The van der Waals surface area contributed by atoms with Crippen LogP contribution >= 0.6 is 0 Å². The molecule has 3 aromatic rings. The van der Waals surface area contributed by atoms with Crippen LogP contribution in [0.5, 0.6) is 5.75 Å². The van der Waals surface area contributed by atoms with E-state index in [2.05, 4.69) is 4.72 Å². The number of likely N-dealkylation sites (N-methyl/N-ethyl adjacent to an activating group) is 1. The number of sulfonamides is 2. The van der Waals surface area contributed by atoms with Crippen molar-refractivity contribution in [2.24, 2.45) is 5.92 Å². The smallest absolute Gasteiger partial charge is 0.262 e. The first-order chi connectivity index (χ1) is 19.3. The molecule has 0 fully saturated rings. The Morgan fingerprint density at radius 1 is 1.00 bits per heavy atom. The Morgan fingerprint density at radius 3 is 2.29 bits per heavy atom. The van der Waals surface area contributed by atoms with Crippen molar-refractivity contribution in [3.8, 4) is 5.75 Å². The third-order valence-corrected chi connectivity index (χ3v) is 10.4. The molecule has 0 saturated heterocycles. The second-order valence-corrected chi connectivity index (χ2v) is 14.0. The second kappa shape index (κ2) is 12.2. The summed E-state index contributed by atoms with van der Waals surface area (Å²) in [5.41, 5.74) is 1.03. The van der Waals surface area contributed by atoms with Crippen LogP contribution in [0.1, 0.15) is 29.8 Å². The molecule has 12 heteroatoms. The Morgan fingerprint density at radius 2 is 1.66 bits per heavy atom. The zero-order valence-electron chi connectivity index (χ0n) is 23.4. The lowest BCUT2D eigenvalue weighted by molar-refractivity contribution is 0.0389. The molecule has 10 nitrogen and oxygen atoms in total. The first kappa shape index (κ1) is 30.5. The number of hydrogen-bond acceptors (Lipinski definition) is 7. The number of ether oxygens (including phenoxy) is 1. The fourth-order valence-corrected chi connectivity index (χ4v) is 6.85. The van der Waals surface area contributed by atoms with Crippen LogP contribution in [0.4, 0.5) is 5.69 Å². The van der Waals surface area contributed by atoms with Crippen molar-refractivity contribution in [2.45, 2.75) is 42.7 Å². The normalized spacial score (nSPS) is 18.7. The van der Waals surface area contributed by atoms with E-state index in [0.29, 0.717) is 0 Å². The number of para-hydroxylation sites is 1. The molecule has 220 valence electrons. The van der Waals surface area contributed by atoms with E-state index in [-0.39, 0.29) is 46.5 Å². The number of hydrogen-bond donors (Lipinski definition) is 2. The van der Waals surface area contributed by atoms with Crippen molar-refractivity contribution in [1.29, 1.82) is 0 Å². The number of aryl methyl sites for hydroxylation is 1.